The molecule has 8 heteroatoms. The standard InChI is InChI=1S/C19H18F2N4O2/c1-10-15-17(24-7-6-23(3)19(27)16(10)24)11(2)22-25(18(15)26)9-12-4-5-13(20)14(21)8-12/h4-5,8H,6-7,9H2,1-3H3. The van der Waals surface area contributed by atoms with Crippen LogP contribution in [0.3, 0.4) is 0 Å². The maximum atomic E-state index is 13.5. The lowest BCUT2D eigenvalue weighted by Gasteiger charge is -2.25. The van der Waals surface area contributed by atoms with Gasteiger partial charge in [-0.1, -0.05) is 6.07 Å². The van der Waals surface area contributed by atoms with E-state index in [0.29, 0.717) is 46.5 Å². The Bertz CT molecular complexity index is 1160. The third kappa shape index (κ3) is 2.55. The molecule has 1 amide bonds. The van der Waals surface area contributed by atoms with Crippen molar-refractivity contribution in [1.29, 1.82) is 0 Å². The number of amides is 1. The molecule has 4 rings (SSSR count). The fraction of sp³-hybridized carbons (Fsp3) is 0.316. The van der Waals surface area contributed by atoms with E-state index in [0.717, 1.165) is 12.1 Å². The number of aryl methyl sites for hydroxylation is 2. The summed E-state index contributed by atoms with van der Waals surface area (Å²) in [4.78, 5) is 27.3. The van der Waals surface area contributed by atoms with E-state index in [2.05, 4.69) is 5.10 Å². The van der Waals surface area contributed by atoms with Crippen LogP contribution < -0.4 is 5.56 Å². The number of hydrogen-bond acceptors (Lipinski definition) is 3. The molecule has 0 bridgehead atoms. The molecule has 0 N–H and O–H groups in total. The van der Waals surface area contributed by atoms with Gasteiger partial charge in [-0.15, -0.1) is 0 Å². The molecule has 1 aliphatic rings. The fourth-order valence-electron chi connectivity index (χ4n) is 3.74. The molecule has 0 aliphatic carbocycles. The number of carbonyl (C=O) groups excluding carboxylic acids is 1. The van der Waals surface area contributed by atoms with Crippen LogP contribution in [-0.2, 0) is 13.1 Å². The van der Waals surface area contributed by atoms with E-state index in [1.54, 1.807) is 25.8 Å². The van der Waals surface area contributed by atoms with E-state index in [4.69, 9.17) is 0 Å². The van der Waals surface area contributed by atoms with Crippen LogP contribution >= 0.6 is 0 Å². The molecule has 1 aromatic carbocycles. The summed E-state index contributed by atoms with van der Waals surface area (Å²) in [5.74, 6) is -2.03. The maximum Gasteiger partial charge on any atom is 0.276 e. The summed E-state index contributed by atoms with van der Waals surface area (Å²) in [6, 6.07) is 3.50. The summed E-state index contributed by atoms with van der Waals surface area (Å²) in [5, 5.41) is 4.80. The quantitative estimate of drug-likeness (QED) is 0.693. The number of rotatable bonds is 2. The molecule has 0 radical (unpaired) electrons. The highest BCUT2D eigenvalue weighted by atomic mass is 19.2. The van der Waals surface area contributed by atoms with Gasteiger partial charge in [0.25, 0.3) is 11.5 Å². The molecule has 0 atom stereocenters. The van der Waals surface area contributed by atoms with Crippen LogP contribution in [0.4, 0.5) is 8.78 Å². The Morgan fingerprint density at radius 1 is 1.11 bits per heavy atom. The van der Waals surface area contributed by atoms with Gasteiger partial charge in [-0.2, -0.15) is 5.10 Å². The summed E-state index contributed by atoms with van der Waals surface area (Å²) in [5.41, 5.74) is 2.48. The first-order chi connectivity index (χ1) is 12.8. The number of aromatic nitrogens is 3. The van der Waals surface area contributed by atoms with Crippen molar-refractivity contribution in [2.24, 2.45) is 0 Å². The van der Waals surface area contributed by atoms with Gasteiger partial charge < -0.3 is 9.47 Å². The summed E-state index contributed by atoms with van der Waals surface area (Å²) >= 11 is 0. The highest BCUT2D eigenvalue weighted by Gasteiger charge is 2.29. The van der Waals surface area contributed by atoms with Crippen molar-refractivity contribution >= 4 is 16.8 Å². The number of hydrogen-bond donors (Lipinski definition) is 0. The lowest BCUT2D eigenvalue weighted by atomic mass is 10.1. The van der Waals surface area contributed by atoms with Crippen molar-refractivity contribution in [2.75, 3.05) is 13.6 Å². The number of fused-ring (bicyclic) bond motifs is 3. The van der Waals surface area contributed by atoms with Crippen LogP contribution in [0.2, 0.25) is 0 Å². The van der Waals surface area contributed by atoms with Gasteiger partial charge in [0.2, 0.25) is 0 Å². The number of likely N-dealkylation sites (N-methyl/N-ethyl adjacent to an activating group) is 1. The molecule has 3 aromatic rings. The Labute approximate surface area is 153 Å². The van der Waals surface area contributed by atoms with Crippen molar-refractivity contribution < 1.29 is 13.6 Å². The van der Waals surface area contributed by atoms with E-state index in [1.165, 1.54) is 10.7 Å². The number of benzene rings is 1. The molecule has 6 nitrogen and oxygen atoms in total. The molecular formula is C19H18F2N4O2. The SMILES string of the molecule is Cc1c2n(c3c(C)nn(Cc4ccc(F)c(F)c4)c(=O)c13)CCN(C)C2=O. The van der Waals surface area contributed by atoms with Crippen LogP contribution in [0.5, 0.6) is 0 Å². The molecule has 0 saturated carbocycles. The van der Waals surface area contributed by atoms with Crippen molar-refractivity contribution in [3.8, 4) is 0 Å². The highest BCUT2D eigenvalue weighted by molar-refractivity contribution is 6.02. The van der Waals surface area contributed by atoms with Gasteiger partial charge in [0.1, 0.15) is 5.69 Å². The van der Waals surface area contributed by atoms with Crippen LogP contribution in [0.1, 0.15) is 27.3 Å². The Kier molecular flexibility index (Phi) is 3.87. The van der Waals surface area contributed by atoms with Gasteiger partial charge in [-0.3, -0.25) is 9.59 Å². The zero-order valence-corrected chi connectivity index (χ0v) is 15.2. The van der Waals surface area contributed by atoms with Crippen LogP contribution in [-0.4, -0.2) is 38.7 Å². The van der Waals surface area contributed by atoms with Gasteiger partial charge >= 0.3 is 0 Å². The lowest BCUT2D eigenvalue weighted by molar-refractivity contribution is 0.0750. The van der Waals surface area contributed by atoms with Gasteiger partial charge in [0.05, 0.1) is 23.1 Å². The smallest absolute Gasteiger partial charge is 0.276 e. The van der Waals surface area contributed by atoms with Gasteiger partial charge in [-0.05, 0) is 37.1 Å². The molecule has 0 saturated heterocycles. The van der Waals surface area contributed by atoms with Crippen molar-refractivity contribution in [1.82, 2.24) is 19.2 Å². The molecule has 2 aromatic heterocycles. The second-order valence-electron chi connectivity index (χ2n) is 6.87. The first-order valence-corrected chi connectivity index (χ1v) is 8.59. The minimum absolute atomic E-state index is 0.0145. The third-order valence-corrected chi connectivity index (χ3v) is 5.09. The first-order valence-electron chi connectivity index (χ1n) is 8.59. The van der Waals surface area contributed by atoms with Gasteiger partial charge in [0.15, 0.2) is 11.6 Å². The van der Waals surface area contributed by atoms with E-state index in [1.807, 2.05) is 4.57 Å². The van der Waals surface area contributed by atoms with Crippen molar-refractivity contribution in [3.63, 3.8) is 0 Å². The van der Waals surface area contributed by atoms with E-state index >= 15 is 0 Å². The highest BCUT2D eigenvalue weighted by Crippen LogP contribution is 2.28. The Balaban J connectivity index is 1.91. The molecule has 140 valence electrons. The molecule has 0 fully saturated rings. The molecule has 3 heterocycles. The molecule has 0 unspecified atom stereocenters. The predicted octanol–water partition coefficient (Wildman–Crippen LogP) is 2.23. The predicted molar refractivity (Wildman–Crippen MR) is 95.9 cm³/mol. The van der Waals surface area contributed by atoms with E-state index < -0.39 is 11.6 Å². The number of nitrogens with zero attached hydrogens (tertiary/aromatic N) is 4. The molecule has 0 spiro atoms. The zero-order chi connectivity index (χ0) is 19.5. The lowest BCUT2D eigenvalue weighted by Crippen LogP contribution is -2.37. The van der Waals surface area contributed by atoms with Gasteiger partial charge in [-0.25, -0.2) is 13.5 Å². The Morgan fingerprint density at radius 3 is 2.56 bits per heavy atom. The fourth-order valence-corrected chi connectivity index (χ4v) is 3.74. The maximum absolute atomic E-state index is 13.5. The molecule has 1 aliphatic heterocycles. The number of halogens is 2. The molecular weight excluding hydrogens is 354 g/mol. The largest absolute Gasteiger partial charge is 0.339 e. The van der Waals surface area contributed by atoms with Crippen LogP contribution in [0.15, 0.2) is 23.0 Å². The minimum Gasteiger partial charge on any atom is -0.339 e. The normalized spacial score (nSPS) is 14.1. The van der Waals surface area contributed by atoms with Crippen LogP contribution in [0, 0.1) is 25.5 Å². The zero-order valence-electron chi connectivity index (χ0n) is 15.2. The monoisotopic (exact) mass is 372 g/mol. The topological polar surface area (TPSA) is 60.1 Å². The van der Waals surface area contributed by atoms with E-state index in [-0.39, 0.29) is 18.0 Å². The van der Waals surface area contributed by atoms with Crippen molar-refractivity contribution in [3.05, 3.63) is 62.7 Å². The summed E-state index contributed by atoms with van der Waals surface area (Å²) in [6.07, 6.45) is 0. The first kappa shape index (κ1) is 17.4. The minimum atomic E-state index is -0.970. The second-order valence-corrected chi connectivity index (χ2v) is 6.87. The van der Waals surface area contributed by atoms with E-state index in [9.17, 15) is 18.4 Å². The Hall–Kier alpha value is -3.03. The third-order valence-electron chi connectivity index (χ3n) is 5.09. The van der Waals surface area contributed by atoms with Crippen molar-refractivity contribution in [2.45, 2.75) is 26.9 Å². The average molecular weight is 372 g/mol. The summed E-state index contributed by atoms with van der Waals surface area (Å²) in [6.45, 7) is 4.71. The van der Waals surface area contributed by atoms with Crippen LogP contribution in [0.25, 0.3) is 10.9 Å². The Morgan fingerprint density at radius 2 is 1.85 bits per heavy atom. The van der Waals surface area contributed by atoms with Gasteiger partial charge in [0, 0.05) is 20.1 Å². The summed E-state index contributed by atoms with van der Waals surface area (Å²) in [7, 11) is 1.73. The second kappa shape index (κ2) is 6.00. The number of carbonyl (C=O) groups is 1. The average Bonchev–Trinajstić information content (AvgIpc) is 2.93. The molecule has 27 heavy (non-hydrogen) atoms. The summed E-state index contributed by atoms with van der Waals surface area (Å²) < 4.78 is 29.7.